The summed E-state index contributed by atoms with van der Waals surface area (Å²) >= 11 is 5.69. The Labute approximate surface area is 168 Å². The van der Waals surface area contributed by atoms with E-state index in [4.69, 9.17) is 16.7 Å². The molecular formula is C17H13ClF2N4O4S. The molecule has 1 N–H and O–H groups in total. The molecule has 0 unspecified atom stereocenters. The minimum Gasteiger partial charge on any atom is -0.465 e. The van der Waals surface area contributed by atoms with Crippen molar-refractivity contribution in [3.8, 4) is 5.69 Å². The molecule has 3 rings (SSSR count). The van der Waals surface area contributed by atoms with E-state index in [0.29, 0.717) is 6.07 Å². The van der Waals surface area contributed by atoms with Gasteiger partial charge in [0.2, 0.25) is 9.84 Å². The van der Waals surface area contributed by atoms with Gasteiger partial charge in [-0.15, -0.1) is 0 Å². The second-order valence-electron chi connectivity index (χ2n) is 5.94. The fourth-order valence-electron chi connectivity index (χ4n) is 2.46. The maximum absolute atomic E-state index is 14.3. The minimum absolute atomic E-state index is 0.0409. The first-order valence-corrected chi connectivity index (χ1v) is 9.81. The van der Waals surface area contributed by atoms with Gasteiger partial charge in [0.15, 0.2) is 10.8 Å². The molecule has 0 aliphatic carbocycles. The molecule has 0 atom stereocenters. The lowest BCUT2D eigenvalue weighted by atomic mass is 10.3. The summed E-state index contributed by atoms with van der Waals surface area (Å²) in [6, 6.07) is 6.16. The first kappa shape index (κ1) is 20.7. The Morgan fingerprint density at radius 2 is 1.97 bits per heavy atom. The van der Waals surface area contributed by atoms with Gasteiger partial charge in [-0.05, 0) is 24.3 Å². The summed E-state index contributed by atoms with van der Waals surface area (Å²) in [5.41, 5.74) is -0.282. The fourth-order valence-corrected chi connectivity index (χ4v) is 3.91. The van der Waals surface area contributed by atoms with E-state index in [-0.39, 0.29) is 28.0 Å². The van der Waals surface area contributed by atoms with E-state index in [1.165, 1.54) is 19.2 Å². The predicted molar refractivity (Wildman–Crippen MR) is 97.7 cm³/mol. The van der Waals surface area contributed by atoms with Crippen LogP contribution in [0.15, 0.2) is 52.5 Å². The number of amides is 1. The van der Waals surface area contributed by atoms with Crippen molar-refractivity contribution in [2.75, 3.05) is 7.05 Å². The number of carboxylic acid groups (broad SMARTS) is 1. The number of pyridine rings is 1. The lowest BCUT2D eigenvalue weighted by Gasteiger charge is -2.10. The van der Waals surface area contributed by atoms with Crippen LogP contribution in [-0.2, 0) is 16.4 Å². The Kier molecular flexibility index (Phi) is 5.53. The van der Waals surface area contributed by atoms with Gasteiger partial charge < -0.3 is 10.0 Å². The second kappa shape index (κ2) is 7.76. The summed E-state index contributed by atoms with van der Waals surface area (Å²) < 4.78 is 54.6. The summed E-state index contributed by atoms with van der Waals surface area (Å²) in [6.45, 7) is -0.257. The van der Waals surface area contributed by atoms with Crippen LogP contribution in [0, 0.1) is 11.6 Å². The highest BCUT2D eigenvalue weighted by Crippen LogP contribution is 2.26. The zero-order valence-corrected chi connectivity index (χ0v) is 16.3. The molecule has 152 valence electrons. The van der Waals surface area contributed by atoms with Crippen LogP contribution in [0.1, 0.15) is 5.69 Å². The Balaban J connectivity index is 2.19. The monoisotopic (exact) mass is 442 g/mol. The van der Waals surface area contributed by atoms with E-state index in [9.17, 15) is 22.0 Å². The quantitative estimate of drug-likeness (QED) is 0.608. The normalized spacial score (nSPS) is 11.4. The smallest absolute Gasteiger partial charge is 0.407 e. The van der Waals surface area contributed by atoms with Crippen LogP contribution in [0.5, 0.6) is 0 Å². The summed E-state index contributed by atoms with van der Waals surface area (Å²) in [4.78, 5) is 15.4. The van der Waals surface area contributed by atoms with Crippen LogP contribution in [-0.4, -0.2) is 46.3 Å². The molecule has 29 heavy (non-hydrogen) atoms. The van der Waals surface area contributed by atoms with Crippen molar-refractivity contribution in [2.24, 2.45) is 0 Å². The highest BCUT2D eigenvalue weighted by molar-refractivity contribution is 7.91. The average molecular weight is 443 g/mol. The largest absolute Gasteiger partial charge is 0.465 e. The predicted octanol–water partition coefficient (Wildman–Crippen LogP) is 3.14. The van der Waals surface area contributed by atoms with Crippen molar-refractivity contribution >= 4 is 27.5 Å². The summed E-state index contributed by atoms with van der Waals surface area (Å²) in [5, 5.41) is 12.7. The zero-order valence-electron chi connectivity index (χ0n) is 14.8. The van der Waals surface area contributed by atoms with Gasteiger partial charge in [0.25, 0.3) is 0 Å². The highest BCUT2D eigenvalue weighted by Gasteiger charge is 2.27. The van der Waals surface area contributed by atoms with Crippen molar-refractivity contribution < 1.29 is 27.1 Å². The summed E-state index contributed by atoms with van der Waals surface area (Å²) in [7, 11) is -2.98. The summed E-state index contributed by atoms with van der Waals surface area (Å²) in [6.07, 6.45) is -0.238. The van der Waals surface area contributed by atoms with Crippen LogP contribution in [0.3, 0.4) is 0 Å². The van der Waals surface area contributed by atoms with Gasteiger partial charge in [-0.25, -0.2) is 31.7 Å². The molecule has 0 radical (unpaired) electrons. The zero-order chi connectivity index (χ0) is 21.3. The molecule has 2 aromatic heterocycles. The Hall–Kier alpha value is -3.05. The maximum atomic E-state index is 14.3. The molecule has 2 heterocycles. The molecule has 0 saturated carbocycles. The number of sulfone groups is 1. The molecule has 1 amide bonds. The summed E-state index contributed by atoms with van der Waals surface area (Å²) in [5.74, 6) is -1.90. The van der Waals surface area contributed by atoms with Gasteiger partial charge in [-0.3, -0.25) is 0 Å². The van der Waals surface area contributed by atoms with Crippen LogP contribution >= 0.6 is 11.6 Å². The van der Waals surface area contributed by atoms with Gasteiger partial charge in [0.1, 0.15) is 16.7 Å². The van der Waals surface area contributed by atoms with Crippen LogP contribution in [0.4, 0.5) is 13.6 Å². The van der Waals surface area contributed by atoms with E-state index >= 15 is 0 Å². The van der Waals surface area contributed by atoms with E-state index in [2.05, 4.69) is 10.1 Å². The molecule has 0 aliphatic rings. The third kappa shape index (κ3) is 4.20. The van der Waals surface area contributed by atoms with Crippen molar-refractivity contribution in [2.45, 2.75) is 16.5 Å². The van der Waals surface area contributed by atoms with Crippen molar-refractivity contribution in [1.29, 1.82) is 0 Å². The topological polar surface area (TPSA) is 105 Å². The van der Waals surface area contributed by atoms with Crippen molar-refractivity contribution in [1.82, 2.24) is 19.7 Å². The van der Waals surface area contributed by atoms with Crippen molar-refractivity contribution in [3.05, 3.63) is 65.1 Å². The number of hydrogen-bond acceptors (Lipinski definition) is 5. The standard InChI is InChI=1S/C17H13ClF2N4O4S/c1-23(17(25)26)9-11-7-16(29(27,28)12-3-5-15(18)21-8-12)24(22-11)14-4-2-10(19)6-13(14)20/h2-8H,9H2,1H3,(H,25,26). The van der Waals surface area contributed by atoms with E-state index in [0.717, 1.165) is 34.0 Å². The average Bonchev–Trinajstić information content (AvgIpc) is 3.06. The number of rotatable bonds is 5. The molecule has 0 saturated heterocycles. The van der Waals surface area contributed by atoms with Crippen LogP contribution in [0.2, 0.25) is 5.15 Å². The van der Waals surface area contributed by atoms with Gasteiger partial charge in [0.05, 0.1) is 17.1 Å². The Morgan fingerprint density at radius 1 is 1.24 bits per heavy atom. The maximum Gasteiger partial charge on any atom is 0.407 e. The number of benzene rings is 1. The molecular weight excluding hydrogens is 430 g/mol. The first-order valence-electron chi connectivity index (χ1n) is 7.94. The first-order chi connectivity index (χ1) is 13.6. The van der Waals surface area contributed by atoms with E-state index < -0.39 is 32.6 Å². The SMILES string of the molecule is CN(Cc1cc(S(=O)(=O)c2ccc(Cl)nc2)n(-c2ccc(F)cc2F)n1)C(=O)O. The molecule has 12 heteroatoms. The van der Waals surface area contributed by atoms with E-state index in [1.807, 2.05) is 0 Å². The van der Waals surface area contributed by atoms with Crippen LogP contribution < -0.4 is 0 Å². The number of halogens is 3. The minimum atomic E-state index is -4.24. The number of nitrogens with zero attached hydrogens (tertiary/aromatic N) is 4. The molecule has 0 aliphatic heterocycles. The van der Waals surface area contributed by atoms with Crippen molar-refractivity contribution in [3.63, 3.8) is 0 Å². The third-order valence-electron chi connectivity index (χ3n) is 3.88. The van der Waals surface area contributed by atoms with E-state index in [1.54, 1.807) is 0 Å². The Morgan fingerprint density at radius 3 is 2.55 bits per heavy atom. The molecule has 3 aromatic rings. The third-order valence-corrected chi connectivity index (χ3v) is 5.80. The molecule has 0 fully saturated rings. The lowest BCUT2D eigenvalue weighted by Crippen LogP contribution is -2.24. The Bertz CT molecular complexity index is 1180. The lowest BCUT2D eigenvalue weighted by molar-refractivity contribution is 0.153. The van der Waals surface area contributed by atoms with Gasteiger partial charge in [-0.1, -0.05) is 11.6 Å². The fraction of sp³-hybridized carbons (Fsp3) is 0.118. The van der Waals surface area contributed by atoms with Gasteiger partial charge in [-0.2, -0.15) is 5.10 Å². The number of carbonyl (C=O) groups is 1. The molecule has 8 nitrogen and oxygen atoms in total. The number of hydrogen-bond donors (Lipinski definition) is 1. The highest BCUT2D eigenvalue weighted by atomic mass is 35.5. The second-order valence-corrected chi connectivity index (χ2v) is 8.22. The van der Waals surface area contributed by atoms with Gasteiger partial charge >= 0.3 is 6.09 Å². The molecule has 0 bridgehead atoms. The molecule has 0 spiro atoms. The molecule has 1 aromatic carbocycles. The van der Waals surface area contributed by atoms with Crippen LogP contribution in [0.25, 0.3) is 5.69 Å². The number of aromatic nitrogens is 3. The van der Waals surface area contributed by atoms with Gasteiger partial charge in [0, 0.05) is 25.4 Å².